The molecule has 0 aliphatic rings. The van der Waals surface area contributed by atoms with Crippen molar-refractivity contribution >= 4 is 11.9 Å². The molecule has 0 atom stereocenters. The molecule has 1 aromatic heterocycles. The van der Waals surface area contributed by atoms with Gasteiger partial charge in [0.1, 0.15) is 6.33 Å². The summed E-state index contributed by atoms with van der Waals surface area (Å²) in [5, 5.41) is 0. The Balaban J connectivity index is 3.07. The lowest BCUT2D eigenvalue weighted by molar-refractivity contribution is -0.157. The molecule has 0 saturated heterocycles. The Hall–Kier alpha value is -1.98. The van der Waals surface area contributed by atoms with Crippen molar-refractivity contribution in [1.82, 2.24) is 9.97 Å². The first-order valence-electron chi connectivity index (χ1n) is 6.28. The standard InChI is InChI=1S/C13H18N2O4/c1-4-9-7-10(15-8-14-9)11(12(16)18-5-2)13(17)19-6-3/h7-8,11H,4-6H2,1-3H3. The number of esters is 2. The van der Waals surface area contributed by atoms with Gasteiger partial charge in [-0.15, -0.1) is 0 Å². The number of hydrogen-bond acceptors (Lipinski definition) is 6. The lowest BCUT2D eigenvalue weighted by Gasteiger charge is -2.14. The van der Waals surface area contributed by atoms with Crippen LogP contribution in [0.5, 0.6) is 0 Å². The molecule has 0 aromatic carbocycles. The molecule has 1 heterocycles. The molecule has 0 spiro atoms. The fourth-order valence-electron chi connectivity index (χ4n) is 1.56. The number of ether oxygens (including phenoxy) is 2. The van der Waals surface area contributed by atoms with Gasteiger partial charge in [0.15, 0.2) is 5.92 Å². The predicted octanol–water partition coefficient (Wildman–Crippen LogP) is 1.25. The summed E-state index contributed by atoms with van der Waals surface area (Å²) in [4.78, 5) is 31.8. The van der Waals surface area contributed by atoms with Gasteiger partial charge in [0.05, 0.1) is 18.9 Å². The minimum Gasteiger partial charge on any atom is -0.465 e. The lowest BCUT2D eigenvalue weighted by Crippen LogP contribution is -2.27. The van der Waals surface area contributed by atoms with Crippen molar-refractivity contribution in [2.24, 2.45) is 0 Å². The molecule has 0 N–H and O–H groups in total. The zero-order valence-electron chi connectivity index (χ0n) is 11.4. The van der Waals surface area contributed by atoms with E-state index in [0.717, 1.165) is 5.69 Å². The third-order valence-corrected chi connectivity index (χ3v) is 2.45. The number of hydrogen-bond donors (Lipinski definition) is 0. The third-order valence-electron chi connectivity index (χ3n) is 2.45. The minimum atomic E-state index is -1.15. The topological polar surface area (TPSA) is 78.4 Å². The first-order chi connectivity index (χ1) is 9.13. The smallest absolute Gasteiger partial charge is 0.326 e. The second-order valence-electron chi connectivity index (χ2n) is 3.72. The Bertz CT molecular complexity index is 430. The Morgan fingerprint density at radius 3 is 2.16 bits per heavy atom. The summed E-state index contributed by atoms with van der Waals surface area (Å²) in [7, 11) is 0. The molecule has 104 valence electrons. The van der Waals surface area contributed by atoms with E-state index < -0.39 is 17.9 Å². The van der Waals surface area contributed by atoms with Crippen molar-refractivity contribution in [2.75, 3.05) is 13.2 Å². The van der Waals surface area contributed by atoms with Gasteiger partial charge in [0.2, 0.25) is 0 Å². The Morgan fingerprint density at radius 2 is 1.68 bits per heavy atom. The molecule has 0 unspecified atom stereocenters. The maximum absolute atomic E-state index is 11.9. The number of nitrogens with zero attached hydrogens (tertiary/aromatic N) is 2. The molecule has 0 radical (unpaired) electrons. The van der Waals surface area contributed by atoms with E-state index in [1.54, 1.807) is 19.9 Å². The van der Waals surface area contributed by atoms with Gasteiger partial charge >= 0.3 is 11.9 Å². The summed E-state index contributed by atoms with van der Waals surface area (Å²) >= 11 is 0. The molecular formula is C13H18N2O4. The molecule has 0 amide bonds. The largest absolute Gasteiger partial charge is 0.465 e. The average molecular weight is 266 g/mol. The van der Waals surface area contributed by atoms with E-state index in [1.165, 1.54) is 6.33 Å². The highest BCUT2D eigenvalue weighted by Gasteiger charge is 2.32. The van der Waals surface area contributed by atoms with Crippen molar-refractivity contribution in [3.63, 3.8) is 0 Å². The fraction of sp³-hybridized carbons (Fsp3) is 0.538. The van der Waals surface area contributed by atoms with Crippen LogP contribution >= 0.6 is 0 Å². The Labute approximate surface area is 112 Å². The molecule has 1 rings (SSSR count). The minimum absolute atomic E-state index is 0.195. The van der Waals surface area contributed by atoms with Crippen LogP contribution in [0.4, 0.5) is 0 Å². The summed E-state index contributed by atoms with van der Waals surface area (Å²) in [6, 6.07) is 1.62. The van der Waals surface area contributed by atoms with Crippen LogP contribution in [0.25, 0.3) is 0 Å². The molecule has 19 heavy (non-hydrogen) atoms. The van der Waals surface area contributed by atoms with Crippen molar-refractivity contribution in [3.05, 3.63) is 23.8 Å². The van der Waals surface area contributed by atoms with Crippen molar-refractivity contribution in [2.45, 2.75) is 33.1 Å². The second kappa shape index (κ2) is 7.45. The maximum atomic E-state index is 11.9. The number of carbonyl (C=O) groups excluding carboxylic acids is 2. The summed E-state index contributed by atoms with van der Waals surface area (Å²) in [5.74, 6) is -2.45. The van der Waals surface area contributed by atoms with Crippen molar-refractivity contribution in [3.8, 4) is 0 Å². The van der Waals surface area contributed by atoms with E-state index in [0.29, 0.717) is 12.1 Å². The maximum Gasteiger partial charge on any atom is 0.326 e. The first kappa shape index (κ1) is 15.1. The van der Waals surface area contributed by atoms with Gasteiger partial charge in [-0.25, -0.2) is 9.97 Å². The molecule has 0 aliphatic heterocycles. The Morgan fingerprint density at radius 1 is 1.11 bits per heavy atom. The van der Waals surface area contributed by atoms with E-state index in [-0.39, 0.29) is 13.2 Å². The first-order valence-corrected chi connectivity index (χ1v) is 6.28. The van der Waals surface area contributed by atoms with Gasteiger partial charge in [0, 0.05) is 5.69 Å². The van der Waals surface area contributed by atoms with Crippen LogP contribution in [-0.4, -0.2) is 35.1 Å². The summed E-state index contributed by atoms with van der Waals surface area (Å²) in [5.41, 5.74) is 1.06. The van der Waals surface area contributed by atoms with Gasteiger partial charge in [-0.1, -0.05) is 6.92 Å². The monoisotopic (exact) mass is 266 g/mol. The van der Waals surface area contributed by atoms with Crippen molar-refractivity contribution in [1.29, 1.82) is 0 Å². The zero-order valence-corrected chi connectivity index (χ0v) is 11.4. The van der Waals surface area contributed by atoms with Gasteiger partial charge in [0.25, 0.3) is 0 Å². The SMILES string of the molecule is CCOC(=O)C(C(=O)OCC)c1cc(CC)ncn1. The molecule has 6 heteroatoms. The van der Waals surface area contributed by atoms with Crippen molar-refractivity contribution < 1.29 is 19.1 Å². The quantitative estimate of drug-likeness (QED) is 0.569. The number of aryl methyl sites for hydroxylation is 1. The Kier molecular flexibility index (Phi) is 5.92. The van der Waals surface area contributed by atoms with Crippen LogP contribution in [0.3, 0.4) is 0 Å². The third kappa shape index (κ3) is 4.01. The van der Waals surface area contributed by atoms with Gasteiger partial charge in [-0.05, 0) is 26.3 Å². The summed E-state index contributed by atoms with van der Waals surface area (Å²) < 4.78 is 9.80. The van der Waals surface area contributed by atoms with Gasteiger partial charge in [-0.3, -0.25) is 9.59 Å². The van der Waals surface area contributed by atoms with Gasteiger partial charge in [-0.2, -0.15) is 0 Å². The molecule has 6 nitrogen and oxygen atoms in total. The molecule has 0 fully saturated rings. The van der Waals surface area contributed by atoms with E-state index in [1.807, 2.05) is 6.92 Å². The normalized spacial score (nSPS) is 10.3. The number of aromatic nitrogens is 2. The van der Waals surface area contributed by atoms with Gasteiger partial charge < -0.3 is 9.47 Å². The molecule has 0 saturated carbocycles. The highest BCUT2D eigenvalue weighted by molar-refractivity contribution is 6.00. The summed E-state index contributed by atoms with van der Waals surface area (Å²) in [6.07, 6.45) is 2.02. The average Bonchev–Trinajstić information content (AvgIpc) is 2.40. The fourth-order valence-corrected chi connectivity index (χ4v) is 1.56. The number of rotatable bonds is 6. The van der Waals surface area contributed by atoms with Crippen LogP contribution < -0.4 is 0 Å². The lowest BCUT2D eigenvalue weighted by atomic mass is 10.0. The predicted molar refractivity (Wildman–Crippen MR) is 67.4 cm³/mol. The van der Waals surface area contributed by atoms with E-state index >= 15 is 0 Å². The van der Waals surface area contributed by atoms with E-state index in [4.69, 9.17) is 9.47 Å². The molecule has 1 aromatic rings. The molecule has 0 bridgehead atoms. The zero-order chi connectivity index (χ0) is 14.3. The van der Waals surface area contributed by atoms with Crippen LogP contribution in [0.15, 0.2) is 12.4 Å². The highest BCUT2D eigenvalue weighted by atomic mass is 16.6. The second-order valence-corrected chi connectivity index (χ2v) is 3.72. The highest BCUT2D eigenvalue weighted by Crippen LogP contribution is 2.18. The number of carbonyl (C=O) groups is 2. The molecular weight excluding hydrogens is 248 g/mol. The summed E-state index contributed by atoms with van der Waals surface area (Å²) in [6.45, 7) is 5.67. The molecule has 0 aliphatic carbocycles. The van der Waals surface area contributed by atoms with Crippen LogP contribution in [-0.2, 0) is 25.5 Å². The van der Waals surface area contributed by atoms with Crippen LogP contribution in [0.1, 0.15) is 38.1 Å². The van der Waals surface area contributed by atoms with Crippen LogP contribution in [0, 0.1) is 0 Å². The van der Waals surface area contributed by atoms with E-state index in [2.05, 4.69) is 9.97 Å². The van der Waals surface area contributed by atoms with Crippen LogP contribution in [0.2, 0.25) is 0 Å². The van der Waals surface area contributed by atoms with E-state index in [9.17, 15) is 9.59 Å².